The fraction of sp³-hybridized carbons (Fsp3) is 0.471. The summed E-state index contributed by atoms with van der Waals surface area (Å²) in [6.07, 6.45) is 14.3. The van der Waals surface area contributed by atoms with Gasteiger partial charge in [0.1, 0.15) is 0 Å². The zero-order valence-electron chi connectivity index (χ0n) is 23.2. The summed E-state index contributed by atoms with van der Waals surface area (Å²) in [5.41, 5.74) is 5.84. The van der Waals surface area contributed by atoms with E-state index in [2.05, 4.69) is 94.4 Å². The molecule has 3 aromatic carbocycles. The molecule has 0 saturated heterocycles. The first-order valence-electron chi connectivity index (χ1n) is 14.6. The van der Waals surface area contributed by atoms with Crippen LogP contribution in [0.25, 0.3) is 0 Å². The van der Waals surface area contributed by atoms with Crippen molar-refractivity contribution in [1.82, 2.24) is 0 Å². The molecule has 0 aliphatic heterocycles. The second-order valence-corrected chi connectivity index (χ2v) is 15.3. The Morgan fingerprint density at radius 1 is 0.472 bits per heavy atom. The van der Waals surface area contributed by atoms with Gasteiger partial charge in [-0.2, -0.15) is 0 Å². The fourth-order valence-corrected chi connectivity index (χ4v) is 9.41. The highest BCUT2D eigenvalue weighted by atomic mass is 35.6. The Bertz CT molecular complexity index is 940. The molecule has 0 fully saturated rings. The maximum atomic E-state index is 8.08. The van der Waals surface area contributed by atoms with Gasteiger partial charge in [-0.05, 0) is 89.2 Å². The Morgan fingerprint density at radius 3 is 1.11 bits per heavy atom. The molecule has 0 amide bonds. The minimum atomic E-state index is -2.69. The normalized spacial score (nSPS) is 11.7. The summed E-state index contributed by atoms with van der Waals surface area (Å²) in [4.78, 5) is 0. The number of benzene rings is 3. The number of aryl methyl sites for hydroxylation is 4. The molecule has 0 heterocycles. The lowest BCUT2D eigenvalue weighted by Crippen LogP contribution is -2.63. The highest BCUT2D eigenvalue weighted by Gasteiger charge is 2.38. The molecular formula is C34H47ClSi. The van der Waals surface area contributed by atoms with Gasteiger partial charge in [0.2, 0.25) is 7.38 Å². The van der Waals surface area contributed by atoms with Crippen molar-refractivity contribution < 1.29 is 0 Å². The second kappa shape index (κ2) is 14.8. The molecule has 0 nitrogen and oxygen atoms in total. The monoisotopic (exact) mass is 518 g/mol. The molecule has 0 unspecified atom stereocenters. The SMILES string of the molecule is CCCCc1cc(CCCC)cc([Si](Cl)(c2ccccc2)c2cc(CCCC)cc(CCCC)c2)c1. The Balaban J connectivity index is 2.22. The van der Waals surface area contributed by atoms with Crippen molar-refractivity contribution in [2.24, 2.45) is 0 Å². The van der Waals surface area contributed by atoms with Gasteiger partial charge in [0, 0.05) is 0 Å². The molecule has 194 valence electrons. The van der Waals surface area contributed by atoms with E-state index < -0.39 is 7.38 Å². The number of rotatable bonds is 15. The summed E-state index contributed by atoms with van der Waals surface area (Å²) in [6, 6.07) is 25.7. The third-order valence-electron chi connectivity index (χ3n) is 7.35. The minimum Gasteiger partial charge on any atom is -0.149 e. The lowest BCUT2D eigenvalue weighted by atomic mass is 10.0. The minimum absolute atomic E-state index is 1.14. The van der Waals surface area contributed by atoms with E-state index in [-0.39, 0.29) is 0 Å². The van der Waals surface area contributed by atoms with E-state index >= 15 is 0 Å². The van der Waals surface area contributed by atoms with Crippen LogP contribution in [0.15, 0.2) is 66.7 Å². The van der Waals surface area contributed by atoms with Gasteiger partial charge < -0.3 is 0 Å². The van der Waals surface area contributed by atoms with Crippen LogP contribution in [-0.4, -0.2) is 7.38 Å². The maximum Gasteiger partial charge on any atom is 0.247 e. The molecular weight excluding hydrogens is 472 g/mol. The van der Waals surface area contributed by atoms with Crippen molar-refractivity contribution in [2.45, 2.75) is 105 Å². The van der Waals surface area contributed by atoms with Gasteiger partial charge in [-0.25, -0.2) is 0 Å². The number of unbranched alkanes of at least 4 members (excludes halogenated alkanes) is 4. The van der Waals surface area contributed by atoms with Crippen LogP contribution in [0, 0.1) is 0 Å². The first kappa shape index (κ1) is 28.7. The highest BCUT2D eigenvalue weighted by molar-refractivity contribution is 7.40. The average Bonchev–Trinajstić information content (AvgIpc) is 2.92. The number of hydrogen-bond acceptors (Lipinski definition) is 0. The summed E-state index contributed by atoms with van der Waals surface area (Å²) in [6.45, 7) is 9.14. The summed E-state index contributed by atoms with van der Waals surface area (Å²) in [7, 11) is -2.69. The van der Waals surface area contributed by atoms with Crippen molar-refractivity contribution in [1.29, 1.82) is 0 Å². The fourth-order valence-electron chi connectivity index (χ4n) is 5.19. The van der Waals surface area contributed by atoms with Crippen LogP contribution in [0.1, 0.15) is 101 Å². The van der Waals surface area contributed by atoms with Crippen molar-refractivity contribution in [3.8, 4) is 0 Å². The first-order valence-corrected chi connectivity index (χ1v) is 17.6. The van der Waals surface area contributed by atoms with Crippen LogP contribution >= 0.6 is 11.1 Å². The highest BCUT2D eigenvalue weighted by Crippen LogP contribution is 2.20. The Morgan fingerprint density at radius 2 is 0.806 bits per heavy atom. The average molecular weight is 519 g/mol. The summed E-state index contributed by atoms with van der Waals surface area (Å²) in [5.74, 6) is 0. The molecule has 0 atom stereocenters. The van der Waals surface area contributed by atoms with Crippen molar-refractivity contribution in [3.63, 3.8) is 0 Å². The van der Waals surface area contributed by atoms with Gasteiger partial charge in [-0.15, -0.1) is 11.1 Å². The number of halogens is 1. The molecule has 0 radical (unpaired) electrons. The molecule has 36 heavy (non-hydrogen) atoms. The third-order valence-corrected chi connectivity index (χ3v) is 12.6. The summed E-state index contributed by atoms with van der Waals surface area (Å²) in [5, 5.41) is 4.03. The van der Waals surface area contributed by atoms with Crippen molar-refractivity contribution in [3.05, 3.63) is 89.0 Å². The van der Waals surface area contributed by atoms with E-state index in [1.807, 2.05) is 0 Å². The smallest absolute Gasteiger partial charge is 0.149 e. The van der Waals surface area contributed by atoms with E-state index in [9.17, 15) is 0 Å². The lowest BCUT2D eigenvalue weighted by molar-refractivity contribution is 0.781. The van der Waals surface area contributed by atoms with E-state index in [1.165, 1.54) is 89.2 Å². The van der Waals surface area contributed by atoms with Gasteiger partial charge in [-0.1, -0.05) is 120 Å². The Labute approximate surface area is 227 Å². The summed E-state index contributed by atoms with van der Waals surface area (Å²) >= 11 is 8.08. The van der Waals surface area contributed by atoms with Crippen LogP contribution in [0.3, 0.4) is 0 Å². The Hall–Kier alpha value is -1.83. The molecule has 0 aliphatic rings. The lowest BCUT2D eigenvalue weighted by Gasteiger charge is -2.29. The molecule has 2 heteroatoms. The van der Waals surface area contributed by atoms with Crippen LogP contribution in [-0.2, 0) is 25.7 Å². The van der Waals surface area contributed by atoms with Gasteiger partial charge in [0.25, 0.3) is 0 Å². The van der Waals surface area contributed by atoms with Gasteiger partial charge >= 0.3 is 0 Å². The molecule has 0 aromatic heterocycles. The largest absolute Gasteiger partial charge is 0.247 e. The van der Waals surface area contributed by atoms with Crippen LogP contribution in [0.5, 0.6) is 0 Å². The molecule has 0 saturated carbocycles. The number of hydrogen-bond donors (Lipinski definition) is 0. The molecule has 3 aromatic rings. The molecule has 0 aliphatic carbocycles. The van der Waals surface area contributed by atoms with E-state index in [0.717, 1.165) is 25.7 Å². The van der Waals surface area contributed by atoms with Crippen LogP contribution in [0.2, 0.25) is 0 Å². The predicted octanol–water partition coefficient (Wildman–Crippen LogP) is 8.26. The maximum absolute atomic E-state index is 8.08. The molecule has 3 rings (SSSR count). The van der Waals surface area contributed by atoms with Crippen molar-refractivity contribution in [2.75, 3.05) is 0 Å². The molecule has 0 spiro atoms. The van der Waals surface area contributed by atoms with E-state index in [1.54, 1.807) is 0 Å². The second-order valence-electron chi connectivity index (χ2n) is 10.5. The Kier molecular flexibility index (Phi) is 11.8. The zero-order chi connectivity index (χ0) is 25.8. The predicted molar refractivity (Wildman–Crippen MR) is 164 cm³/mol. The standard InChI is InChI=1S/C34H47ClSi/c1-5-9-16-28-22-29(17-10-6-2)25-33(24-28)36(35,32-20-14-13-15-21-32)34-26-30(18-11-7-3)23-31(27-34)19-12-8-4/h13-15,20-27H,5-12,16-19H2,1-4H3. The van der Waals surface area contributed by atoms with E-state index in [4.69, 9.17) is 11.1 Å². The zero-order valence-corrected chi connectivity index (χ0v) is 25.0. The van der Waals surface area contributed by atoms with E-state index in [0.29, 0.717) is 0 Å². The van der Waals surface area contributed by atoms with Crippen LogP contribution < -0.4 is 15.6 Å². The molecule has 0 N–H and O–H groups in total. The topological polar surface area (TPSA) is 0 Å². The molecule has 0 bridgehead atoms. The summed E-state index contributed by atoms with van der Waals surface area (Å²) < 4.78 is 0. The van der Waals surface area contributed by atoms with Crippen LogP contribution in [0.4, 0.5) is 0 Å². The first-order chi connectivity index (χ1) is 17.5. The van der Waals surface area contributed by atoms with Gasteiger partial charge in [0.15, 0.2) is 0 Å². The third kappa shape index (κ3) is 7.59. The van der Waals surface area contributed by atoms with Gasteiger partial charge in [-0.3, -0.25) is 0 Å². The quantitative estimate of drug-likeness (QED) is 0.108. The van der Waals surface area contributed by atoms with Gasteiger partial charge in [0.05, 0.1) is 0 Å². The van der Waals surface area contributed by atoms with Crippen molar-refractivity contribution >= 4 is 34.0 Å².